The first kappa shape index (κ1) is 31.7. The highest BCUT2D eigenvalue weighted by molar-refractivity contribution is 5.77. The van der Waals surface area contributed by atoms with Gasteiger partial charge in [0.25, 0.3) is 0 Å². The molecular formula is C41H51NO2. The second-order valence-electron chi connectivity index (χ2n) is 13.4. The van der Waals surface area contributed by atoms with Gasteiger partial charge >= 0.3 is 0 Å². The molecule has 2 saturated carbocycles. The van der Waals surface area contributed by atoms with Crippen LogP contribution in [0.1, 0.15) is 88.7 Å². The molecule has 4 aromatic rings. The lowest BCUT2D eigenvalue weighted by atomic mass is 9.80. The lowest BCUT2D eigenvalue weighted by molar-refractivity contribution is 0.278. The minimum atomic E-state index is 0.284. The highest BCUT2D eigenvalue weighted by Gasteiger charge is 2.18. The van der Waals surface area contributed by atoms with E-state index in [1.165, 1.54) is 93.7 Å². The topological polar surface area (TPSA) is 66.5 Å². The van der Waals surface area contributed by atoms with Crippen molar-refractivity contribution in [2.24, 2.45) is 17.8 Å². The van der Waals surface area contributed by atoms with Gasteiger partial charge < -0.3 is 15.9 Å². The fourth-order valence-corrected chi connectivity index (χ4v) is 7.02. The maximum Gasteiger partial charge on any atom is 0.115 e. The van der Waals surface area contributed by atoms with E-state index < -0.39 is 0 Å². The Morgan fingerprint density at radius 3 is 1.59 bits per heavy atom. The number of aromatic hydroxyl groups is 2. The van der Waals surface area contributed by atoms with Crippen LogP contribution in [0.3, 0.4) is 0 Å². The first-order valence-corrected chi connectivity index (χ1v) is 17.0. The van der Waals surface area contributed by atoms with Crippen molar-refractivity contribution in [2.75, 3.05) is 5.73 Å². The number of hydrogen-bond acceptors (Lipinski definition) is 3. The van der Waals surface area contributed by atoms with Crippen LogP contribution in [0, 0.1) is 17.8 Å². The zero-order valence-electron chi connectivity index (χ0n) is 26.6. The Hall–Kier alpha value is -3.72. The van der Waals surface area contributed by atoms with Crippen LogP contribution in [0.2, 0.25) is 0 Å². The van der Waals surface area contributed by atoms with Crippen LogP contribution in [0.5, 0.6) is 11.5 Å². The van der Waals surface area contributed by atoms with Crippen molar-refractivity contribution in [1.82, 2.24) is 0 Å². The normalized spacial score (nSPS) is 18.8. The quantitative estimate of drug-likeness (QED) is 0.179. The van der Waals surface area contributed by atoms with Crippen molar-refractivity contribution in [2.45, 2.75) is 90.4 Å². The molecule has 0 heterocycles. The van der Waals surface area contributed by atoms with Crippen LogP contribution in [0.15, 0.2) is 91.0 Å². The Kier molecular flexibility index (Phi) is 11.4. The molecule has 3 nitrogen and oxygen atoms in total. The SMILES string of the molecule is CC1CCC(CCc2ccc(-c3ccc(O)cc3)cc2)CC1.Nc1cc(CCC2CCCCC2)ccc1-c1ccc(O)cc1. The third-order valence-electron chi connectivity index (χ3n) is 9.99. The molecule has 6 rings (SSSR count). The van der Waals surface area contributed by atoms with Crippen LogP contribution < -0.4 is 5.73 Å². The smallest absolute Gasteiger partial charge is 0.115 e. The third-order valence-corrected chi connectivity index (χ3v) is 9.99. The second kappa shape index (κ2) is 15.8. The average molecular weight is 590 g/mol. The van der Waals surface area contributed by atoms with Gasteiger partial charge in [0.2, 0.25) is 0 Å². The van der Waals surface area contributed by atoms with Gasteiger partial charge in [0.1, 0.15) is 11.5 Å². The molecule has 0 spiro atoms. The first-order valence-electron chi connectivity index (χ1n) is 17.0. The minimum Gasteiger partial charge on any atom is -0.508 e. The van der Waals surface area contributed by atoms with Crippen LogP contribution in [0.25, 0.3) is 22.3 Å². The van der Waals surface area contributed by atoms with Crippen LogP contribution in [-0.4, -0.2) is 10.2 Å². The molecule has 3 heteroatoms. The maximum absolute atomic E-state index is 9.38. The molecule has 44 heavy (non-hydrogen) atoms. The van der Waals surface area contributed by atoms with E-state index in [0.717, 1.165) is 46.6 Å². The molecule has 4 aromatic carbocycles. The Labute approximate surface area is 265 Å². The van der Waals surface area contributed by atoms with Crippen molar-refractivity contribution < 1.29 is 10.2 Å². The first-order chi connectivity index (χ1) is 21.4. The van der Waals surface area contributed by atoms with Gasteiger partial charge in [-0.05, 0) is 102 Å². The largest absolute Gasteiger partial charge is 0.508 e. The van der Waals surface area contributed by atoms with Crippen LogP contribution >= 0.6 is 0 Å². The summed E-state index contributed by atoms with van der Waals surface area (Å²) >= 11 is 0. The molecule has 0 aromatic heterocycles. The van der Waals surface area contributed by atoms with Crippen molar-refractivity contribution in [3.63, 3.8) is 0 Å². The third kappa shape index (κ3) is 9.39. The molecule has 2 fully saturated rings. The van der Waals surface area contributed by atoms with Crippen molar-refractivity contribution >= 4 is 5.69 Å². The van der Waals surface area contributed by atoms with E-state index in [2.05, 4.69) is 49.4 Å². The molecule has 0 unspecified atom stereocenters. The van der Waals surface area contributed by atoms with Crippen LogP contribution in [0.4, 0.5) is 5.69 Å². The van der Waals surface area contributed by atoms with Gasteiger partial charge in [-0.1, -0.05) is 125 Å². The molecule has 0 radical (unpaired) electrons. The van der Waals surface area contributed by atoms with Gasteiger partial charge in [-0.3, -0.25) is 0 Å². The van der Waals surface area contributed by atoms with E-state index in [0.29, 0.717) is 5.75 Å². The van der Waals surface area contributed by atoms with Gasteiger partial charge in [-0.2, -0.15) is 0 Å². The number of benzene rings is 4. The lowest BCUT2D eigenvalue weighted by Gasteiger charge is -2.26. The highest BCUT2D eigenvalue weighted by atomic mass is 16.3. The summed E-state index contributed by atoms with van der Waals surface area (Å²) in [6.45, 7) is 2.39. The van der Waals surface area contributed by atoms with E-state index >= 15 is 0 Å². The molecule has 0 saturated heterocycles. The Morgan fingerprint density at radius 1 is 0.545 bits per heavy atom. The molecule has 232 valence electrons. The van der Waals surface area contributed by atoms with Crippen LogP contribution in [-0.2, 0) is 12.8 Å². The zero-order chi connectivity index (χ0) is 30.7. The Bertz CT molecular complexity index is 1410. The molecular weight excluding hydrogens is 538 g/mol. The fourth-order valence-electron chi connectivity index (χ4n) is 7.02. The summed E-state index contributed by atoms with van der Waals surface area (Å²) < 4.78 is 0. The predicted molar refractivity (Wildman–Crippen MR) is 186 cm³/mol. The Morgan fingerprint density at radius 2 is 1.02 bits per heavy atom. The summed E-state index contributed by atoms with van der Waals surface area (Å²) in [6, 6.07) is 30.0. The van der Waals surface area contributed by atoms with E-state index in [-0.39, 0.29) is 5.75 Å². The standard InChI is InChI=1S/C21H26O.C20H25NO/c1-16-2-4-17(5-3-16)6-7-18-8-10-19(11-9-18)20-12-14-21(22)15-13-20;21-20-14-16(7-6-15-4-2-1-3-5-15)8-13-19(20)17-9-11-18(22)12-10-17/h8-17,22H,2-7H2,1H3;8-15,22H,1-7,21H2. The number of phenolic OH excluding ortho intramolecular Hbond substituents is 2. The molecule has 2 aliphatic rings. The van der Waals surface area contributed by atoms with Gasteiger partial charge in [-0.25, -0.2) is 0 Å². The van der Waals surface area contributed by atoms with E-state index in [1.807, 2.05) is 24.3 Å². The van der Waals surface area contributed by atoms with Gasteiger partial charge in [0.15, 0.2) is 0 Å². The summed E-state index contributed by atoms with van der Waals surface area (Å²) in [6.07, 6.45) is 17.7. The maximum atomic E-state index is 9.38. The Balaban J connectivity index is 0.000000175. The summed E-state index contributed by atoms with van der Waals surface area (Å²) in [5.41, 5.74) is 14.3. The summed E-state index contributed by atoms with van der Waals surface area (Å²) in [4.78, 5) is 0. The second-order valence-corrected chi connectivity index (χ2v) is 13.4. The number of anilines is 1. The van der Waals surface area contributed by atoms with E-state index in [1.54, 1.807) is 24.3 Å². The molecule has 0 atom stereocenters. The average Bonchev–Trinajstić information content (AvgIpc) is 3.06. The predicted octanol–water partition coefficient (Wildman–Crippen LogP) is 11.0. The van der Waals surface area contributed by atoms with Gasteiger partial charge in [0.05, 0.1) is 0 Å². The summed E-state index contributed by atoms with van der Waals surface area (Å²) in [7, 11) is 0. The summed E-state index contributed by atoms with van der Waals surface area (Å²) in [5, 5.41) is 18.7. The number of nitrogens with two attached hydrogens (primary N) is 1. The van der Waals surface area contributed by atoms with Crippen molar-refractivity contribution in [1.29, 1.82) is 0 Å². The molecule has 4 N–H and O–H groups in total. The molecule has 0 aliphatic heterocycles. The summed E-state index contributed by atoms with van der Waals surface area (Å²) in [5.74, 6) is 3.40. The number of phenols is 2. The van der Waals surface area contributed by atoms with Gasteiger partial charge in [-0.15, -0.1) is 0 Å². The fraction of sp³-hybridized carbons (Fsp3) is 0.415. The van der Waals surface area contributed by atoms with Crippen molar-refractivity contribution in [3.05, 3.63) is 102 Å². The highest BCUT2D eigenvalue weighted by Crippen LogP contribution is 2.33. The van der Waals surface area contributed by atoms with E-state index in [4.69, 9.17) is 5.73 Å². The monoisotopic (exact) mass is 589 g/mol. The van der Waals surface area contributed by atoms with Gasteiger partial charge in [0, 0.05) is 11.3 Å². The number of rotatable bonds is 8. The number of nitrogen functional groups attached to an aromatic ring is 1. The number of aryl methyl sites for hydroxylation is 2. The van der Waals surface area contributed by atoms with Crippen molar-refractivity contribution in [3.8, 4) is 33.8 Å². The minimum absolute atomic E-state index is 0.284. The zero-order valence-corrected chi connectivity index (χ0v) is 26.6. The number of hydrogen-bond donors (Lipinski definition) is 3. The lowest BCUT2D eigenvalue weighted by Crippen LogP contribution is -2.12. The van der Waals surface area contributed by atoms with E-state index in [9.17, 15) is 10.2 Å². The molecule has 0 bridgehead atoms. The molecule has 0 amide bonds. The molecule has 2 aliphatic carbocycles.